The Morgan fingerprint density at radius 3 is 2.61 bits per heavy atom. The van der Waals surface area contributed by atoms with Crippen molar-refractivity contribution in [1.82, 2.24) is 9.47 Å². The molecule has 2 heterocycles. The minimum absolute atomic E-state index is 0.0450. The van der Waals surface area contributed by atoms with E-state index in [4.69, 9.17) is 9.47 Å². The highest BCUT2D eigenvalue weighted by Crippen LogP contribution is 2.22. The summed E-state index contributed by atoms with van der Waals surface area (Å²) in [5, 5.41) is 0. The zero-order valence-electron chi connectivity index (χ0n) is 17.8. The van der Waals surface area contributed by atoms with E-state index in [1.165, 1.54) is 6.07 Å². The number of benzene rings is 2. The quantitative estimate of drug-likeness (QED) is 0.614. The maximum absolute atomic E-state index is 13.0. The smallest absolute Gasteiger partial charge is 0.254 e. The number of rotatable bonds is 6. The molecule has 1 atom stereocenters. The summed E-state index contributed by atoms with van der Waals surface area (Å²) in [5.74, 6) is 1.17. The predicted molar refractivity (Wildman–Crippen MR) is 119 cm³/mol. The van der Waals surface area contributed by atoms with Crippen molar-refractivity contribution < 1.29 is 14.3 Å². The largest absolute Gasteiger partial charge is 0.489 e. The van der Waals surface area contributed by atoms with Crippen LogP contribution in [0.15, 0.2) is 71.5 Å². The summed E-state index contributed by atoms with van der Waals surface area (Å²) in [5.41, 5.74) is 2.40. The minimum Gasteiger partial charge on any atom is -0.489 e. The Morgan fingerprint density at radius 1 is 1.03 bits per heavy atom. The van der Waals surface area contributed by atoms with Crippen LogP contribution in [-0.4, -0.2) is 34.6 Å². The molecule has 0 bridgehead atoms. The van der Waals surface area contributed by atoms with Crippen LogP contribution in [-0.2, 0) is 13.7 Å². The van der Waals surface area contributed by atoms with Crippen LogP contribution in [0.2, 0.25) is 0 Å². The van der Waals surface area contributed by atoms with E-state index in [1.54, 1.807) is 28.6 Å². The molecule has 1 amide bonds. The number of ether oxygens (including phenoxy) is 2. The van der Waals surface area contributed by atoms with Crippen LogP contribution < -0.4 is 15.0 Å². The van der Waals surface area contributed by atoms with Gasteiger partial charge in [-0.3, -0.25) is 9.59 Å². The van der Waals surface area contributed by atoms with Crippen LogP contribution in [0.5, 0.6) is 11.5 Å². The molecule has 6 heteroatoms. The molecule has 3 aromatic rings. The fourth-order valence-corrected chi connectivity index (χ4v) is 3.65. The molecule has 1 fully saturated rings. The van der Waals surface area contributed by atoms with E-state index < -0.39 is 0 Å². The molecule has 1 saturated heterocycles. The molecule has 0 radical (unpaired) electrons. The average molecular weight is 418 g/mol. The third kappa shape index (κ3) is 4.97. The lowest BCUT2D eigenvalue weighted by atomic mass is 10.2. The second-order valence-electron chi connectivity index (χ2n) is 7.81. The van der Waals surface area contributed by atoms with E-state index in [0.29, 0.717) is 36.8 Å². The van der Waals surface area contributed by atoms with E-state index in [-0.39, 0.29) is 17.6 Å². The molecule has 0 N–H and O–H groups in total. The summed E-state index contributed by atoms with van der Waals surface area (Å²) >= 11 is 0. The third-order valence-electron chi connectivity index (χ3n) is 5.54. The molecule has 1 unspecified atom stereocenters. The van der Waals surface area contributed by atoms with Crippen LogP contribution in [0, 0.1) is 6.92 Å². The molecule has 160 valence electrons. The Balaban J connectivity index is 1.37. The van der Waals surface area contributed by atoms with Crippen molar-refractivity contribution in [3.63, 3.8) is 0 Å². The molecule has 2 aromatic carbocycles. The van der Waals surface area contributed by atoms with Crippen molar-refractivity contribution in [3.05, 3.63) is 93.9 Å². The van der Waals surface area contributed by atoms with Crippen molar-refractivity contribution in [2.45, 2.75) is 26.1 Å². The summed E-state index contributed by atoms with van der Waals surface area (Å²) in [7, 11) is 1.73. The molecule has 1 aromatic heterocycles. The highest BCUT2D eigenvalue weighted by atomic mass is 16.5. The van der Waals surface area contributed by atoms with Crippen molar-refractivity contribution in [2.75, 3.05) is 13.1 Å². The first-order valence-electron chi connectivity index (χ1n) is 10.4. The van der Waals surface area contributed by atoms with Crippen molar-refractivity contribution in [1.29, 1.82) is 0 Å². The van der Waals surface area contributed by atoms with E-state index in [1.807, 2.05) is 55.5 Å². The van der Waals surface area contributed by atoms with E-state index >= 15 is 0 Å². The van der Waals surface area contributed by atoms with Gasteiger partial charge in [-0.25, -0.2) is 0 Å². The van der Waals surface area contributed by atoms with E-state index in [0.717, 1.165) is 17.7 Å². The maximum atomic E-state index is 13.0. The van der Waals surface area contributed by atoms with Crippen molar-refractivity contribution in [2.24, 2.45) is 7.05 Å². The highest BCUT2D eigenvalue weighted by molar-refractivity contribution is 5.94. The molecule has 31 heavy (non-hydrogen) atoms. The van der Waals surface area contributed by atoms with Crippen LogP contribution >= 0.6 is 0 Å². The van der Waals surface area contributed by atoms with E-state index in [2.05, 4.69) is 0 Å². The summed E-state index contributed by atoms with van der Waals surface area (Å²) in [6.07, 6.45) is 0.595. The van der Waals surface area contributed by atoms with Crippen LogP contribution in [0.25, 0.3) is 0 Å². The highest BCUT2D eigenvalue weighted by Gasteiger charge is 2.28. The zero-order chi connectivity index (χ0) is 21.8. The van der Waals surface area contributed by atoms with Gasteiger partial charge in [0.1, 0.15) is 24.2 Å². The number of aryl methyl sites for hydroxylation is 1. The first-order valence-corrected chi connectivity index (χ1v) is 10.4. The van der Waals surface area contributed by atoms with Crippen LogP contribution in [0.1, 0.15) is 28.0 Å². The normalized spacial score (nSPS) is 15.7. The zero-order valence-corrected chi connectivity index (χ0v) is 17.8. The Labute approximate surface area is 181 Å². The average Bonchev–Trinajstić information content (AvgIpc) is 3.25. The molecule has 0 spiro atoms. The summed E-state index contributed by atoms with van der Waals surface area (Å²) in [4.78, 5) is 26.7. The van der Waals surface area contributed by atoms with E-state index in [9.17, 15) is 9.59 Å². The van der Waals surface area contributed by atoms with Gasteiger partial charge in [-0.1, -0.05) is 36.4 Å². The molecule has 0 saturated carbocycles. The molecule has 4 rings (SSSR count). The van der Waals surface area contributed by atoms with Gasteiger partial charge in [0.2, 0.25) is 0 Å². The number of amides is 1. The molecule has 0 aliphatic carbocycles. The van der Waals surface area contributed by atoms with Crippen LogP contribution in [0.4, 0.5) is 0 Å². The molecular formula is C25H26N2O4. The number of nitrogens with zero attached hydrogens (tertiary/aromatic N) is 2. The third-order valence-corrected chi connectivity index (χ3v) is 5.54. The SMILES string of the molecule is Cc1cc(OC2CCN(C(=O)c3cccc(OCc4ccccc4)c3)C2)cc(=O)n1C. The first-order chi connectivity index (χ1) is 15.0. The Hall–Kier alpha value is -3.54. The second-order valence-corrected chi connectivity index (χ2v) is 7.81. The van der Waals surface area contributed by atoms with Crippen molar-refractivity contribution in [3.8, 4) is 11.5 Å². The van der Waals surface area contributed by atoms with Gasteiger partial charge in [-0.05, 0) is 36.8 Å². The lowest BCUT2D eigenvalue weighted by Gasteiger charge is -2.18. The number of carbonyl (C=O) groups excluding carboxylic acids is 1. The number of likely N-dealkylation sites (tertiary alicyclic amines) is 1. The van der Waals surface area contributed by atoms with Gasteiger partial charge in [0, 0.05) is 37.3 Å². The lowest BCUT2D eigenvalue weighted by Crippen LogP contribution is -2.31. The van der Waals surface area contributed by atoms with Gasteiger partial charge in [0.25, 0.3) is 11.5 Å². The fraction of sp³-hybridized carbons (Fsp3) is 0.280. The number of hydrogen-bond donors (Lipinski definition) is 0. The fourth-order valence-electron chi connectivity index (χ4n) is 3.65. The standard InChI is InChI=1S/C25H26N2O4/c1-18-13-23(15-24(28)26(18)2)31-22-11-12-27(16-22)25(29)20-9-6-10-21(14-20)30-17-19-7-4-3-5-8-19/h3-10,13-15,22H,11-12,16-17H2,1-2H3. The summed E-state index contributed by atoms with van der Waals surface area (Å²) in [6, 6.07) is 20.5. The van der Waals surface area contributed by atoms with Gasteiger partial charge >= 0.3 is 0 Å². The Bertz CT molecular complexity index is 1120. The predicted octanol–water partition coefficient (Wildman–Crippen LogP) is 3.57. The number of aromatic nitrogens is 1. The molecule has 1 aliphatic rings. The lowest BCUT2D eigenvalue weighted by molar-refractivity contribution is 0.0772. The van der Waals surface area contributed by atoms with Gasteiger partial charge in [-0.15, -0.1) is 0 Å². The maximum Gasteiger partial charge on any atom is 0.254 e. The van der Waals surface area contributed by atoms with Crippen molar-refractivity contribution >= 4 is 5.91 Å². The molecule has 1 aliphatic heterocycles. The number of pyridine rings is 1. The minimum atomic E-state index is -0.132. The molecular weight excluding hydrogens is 392 g/mol. The number of carbonyl (C=O) groups is 1. The monoisotopic (exact) mass is 418 g/mol. The summed E-state index contributed by atoms with van der Waals surface area (Å²) < 4.78 is 13.4. The van der Waals surface area contributed by atoms with Gasteiger partial charge in [0.05, 0.1) is 6.54 Å². The molecule has 6 nitrogen and oxygen atoms in total. The number of hydrogen-bond acceptors (Lipinski definition) is 4. The van der Waals surface area contributed by atoms with Crippen LogP contribution in [0.3, 0.4) is 0 Å². The second kappa shape index (κ2) is 9.08. The van der Waals surface area contributed by atoms with Gasteiger partial charge in [-0.2, -0.15) is 0 Å². The topological polar surface area (TPSA) is 60.8 Å². The summed E-state index contributed by atoms with van der Waals surface area (Å²) in [6.45, 7) is 3.42. The Morgan fingerprint density at radius 2 is 1.84 bits per heavy atom. The van der Waals surface area contributed by atoms with Gasteiger partial charge < -0.3 is 18.9 Å². The van der Waals surface area contributed by atoms with Gasteiger partial charge in [0.15, 0.2) is 0 Å². The Kier molecular flexibility index (Phi) is 6.07. The first kappa shape index (κ1) is 20.7.